The second-order valence-electron chi connectivity index (χ2n) is 4.79. The zero-order valence-electron chi connectivity index (χ0n) is 11.7. The Balaban J connectivity index is 2.55. The fourth-order valence-corrected chi connectivity index (χ4v) is 1.88. The van der Waals surface area contributed by atoms with Crippen molar-refractivity contribution in [3.8, 4) is 0 Å². The number of aliphatic carboxylic acids is 1. The van der Waals surface area contributed by atoms with E-state index in [-0.39, 0.29) is 5.91 Å². The Morgan fingerprint density at radius 1 is 1.26 bits per heavy atom. The van der Waals surface area contributed by atoms with Gasteiger partial charge in [-0.1, -0.05) is 36.8 Å². The molecule has 1 aromatic rings. The van der Waals surface area contributed by atoms with Crippen molar-refractivity contribution in [3.63, 3.8) is 0 Å². The van der Waals surface area contributed by atoms with Gasteiger partial charge in [0.25, 0.3) is 0 Å². The SMILES string of the molecule is CCC(C(=O)O)C(=O)N(C)CCc1ccc(C)cc1. The van der Waals surface area contributed by atoms with Gasteiger partial charge in [-0.05, 0) is 25.3 Å². The van der Waals surface area contributed by atoms with Gasteiger partial charge in [-0.15, -0.1) is 0 Å². The first kappa shape index (κ1) is 15.2. The number of carbonyl (C=O) groups excluding carboxylic acids is 1. The predicted molar refractivity (Wildman–Crippen MR) is 73.9 cm³/mol. The van der Waals surface area contributed by atoms with Gasteiger partial charge in [0.1, 0.15) is 5.92 Å². The molecule has 104 valence electrons. The maximum Gasteiger partial charge on any atom is 0.316 e. The molecule has 0 fully saturated rings. The number of carbonyl (C=O) groups is 2. The Hall–Kier alpha value is -1.84. The van der Waals surface area contributed by atoms with Crippen LogP contribution in [0, 0.1) is 12.8 Å². The van der Waals surface area contributed by atoms with Crippen molar-refractivity contribution in [2.24, 2.45) is 5.92 Å². The summed E-state index contributed by atoms with van der Waals surface area (Å²) in [6, 6.07) is 8.12. The molecule has 0 aromatic heterocycles. The maximum atomic E-state index is 11.9. The summed E-state index contributed by atoms with van der Waals surface area (Å²) in [5.41, 5.74) is 2.35. The summed E-state index contributed by atoms with van der Waals surface area (Å²) in [7, 11) is 1.65. The molecule has 0 bridgehead atoms. The molecule has 0 aliphatic rings. The maximum absolute atomic E-state index is 11.9. The monoisotopic (exact) mass is 263 g/mol. The van der Waals surface area contributed by atoms with Gasteiger partial charge in [0.15, 0.2) is 0 Å². The van der Waals surface area contributed by atoms with Crippen molar-refractivity contribution in [2.75, 3.05) is 13.6 Å². The van der Waals surface area contributed by atoms with Gasteiger partial charge in [0.2, 0.25) is 5.91 Å². The van der Waals surface area contributed by atoms with E-state index in [2.05, 4.69) is 0 Å². The van der Waals surface area contributed by atoms with Crippen LogP contribution in [0.4, 0.5) is 0 Å². The smallest absolute Gasteiger partial charge is 0.316 e. The van der Waals surface area contributed by atoms with Crippen molar-refractivity contribution in [1.29, 1.82) is 0 Å². The molecule has 1 rings (SSSR count). The number of aryl methyl sites for hydroxylation is 1. The average Bonchev–Trinajstić information content (AvgIpc) is 2.38. The highest BCUT2D eigenvalue weighted by Crippen LogP contribution is 2.09. The molecule has 1 unspecified atom stereocenters. The molecule has 1 aromatic carbocycles. The molecule has 19 heavy (non-hydrogen) atoms. The Morgan fingerprint density at radius 2 is 1.84 bits per heavy atom. The summed E-state index contributed by atoms with van der Waals surface area (Å²) < 4.78 is 0. The Morgan fingerprint density at radius 3 is 2.32 bits per heavy atom. The minimum absolute atomic E-state index is 0.317. The molecule has 0 aliphatic heterocycles. The number of nitrogens with zero attached hydrogens (tertiary/aromatic N) is 1. The van der Waals surface area contributed by atoms with E-state index in [4.69, 9.17) is 5.11 Å². The van der Waals surface area contributed by atoms with Crippen LogP contribution in [0.1, 0.15) is 24.5 Å². The van der Waals surface area contributed by atoms with E-state index in [1.54, 1.807) is 14.0 Å². The van der Waals surface area contributed by atoms with Crippen LogP contribution in [0.5, 0.6) is 0 Å². The number of benzene rings is 1. The lowest BCUT2D eigenvalue weighted by atomic mass is 10.0. The van der Waals surface area contributed by atoms with Crippen LogP contribution in [0.15, 0.2) is 24.3 Å². The van der Waals surface area contributed by atoms with Crippen LogP contribution in [0.3, 0.4) is 0 Å². The Kier molecular flexibility index (Phi) is 5.55. The molecule has 4 heteroatoms. The number of carboxylic acids is 1. The molecule has 0 heterocycles. The zero-order valence-corrected chi connectivity index (χ0v) is 11.7. The average molecular weight is 263 g/mol. The highest BCUT2D eigenvalue weighted by atomic mass is 16.4. The second kappa shape index (κ2) is 6.92. The van der Waals surface area contributed by atoms with Crippen molar-refractivity contribution in [3.05, 3.63) is 35.4 Å². The van der Waals surface area contributed by atoms with E-state index >= 15 is 0 Å². The predicted octanol–water partition coefficient (Wildman–Crippen LogP) is 2.11. The van der Waals surface area contributed by atoms with E-state index in [0.29, 0.717) is 13.0 Å². The number of amides is 1. The summed E-state index contributed by atoms with van der Waals surface area (Å²) in [5.74, 6) is -2.29. The van der Waals surface area contributed by atoms with Gasteiger partial charge < -0.3 is 10.0 Å². The summed E-state index contributed by atoms with van der Waals surface area (Å²) in [5, 5.41) is 8.96. The quantitative estimate of drug-likeness (QED) is 0.800. The molecule has 1 atom stereocenters. The molecule has 1 N–H and O–H groups in total. The Bertz CT molecular complexity index is 439. The summed E-state index contributed by atoms with van der Waals surface area (Å²) in [6.45, 7) is 4.27. The van der Waals surface area contributed by atoms with Gasteiger partial charge in [0.05, 0.1) is 0 Å². The molecule has 0 saturated carbocycles. The lowest BCUT2D eigenvalue weighted by molar-refractivity contribution is -0.150. The standard InChI is InChI=1S/C15H21NO3/c1-4-13(15(18)19)14(17)16(3)10-9-12-7-5-11(2)6-8-12/h5-8,13H,4,9-10H2,1-3H3,(H,18,19). The number of likely N-dealkylation sites (N-methyl/N-ethyl adjacent to an activating group) is 1. The lowest BCUT2D eigenvalue weighted by Gasteiger charge is -2.20. The zero-order chi connectivity index (χ0) is 14.4. The van der Waals surface area contributed by atoms with Crippen LogP contribution >= 0.6 is 0 Å². The largest absolute Gasteiger partial charge is 0.481 e. The first-order chi connectivity index (χ1) is 8.95. The van der Waals surface area contributed by atoms with Crippen LogP contribution in [0.2, 0.25) is 0 Å². The van der Waals surface area contributed by atoms with Gasteiger partial charge in [-0.2, -0.15) is 0 Å². The van der Waals surface area contributed by atoms with Crippen LogP contribution in [-0.4, -0.2) is 35.5 Å². The van der Waals surface area contributed by atoms with Crippen molar-refractivity contribution in [1.82, 2.24) is 4.90 Å². The highest BCUT2D eigenvalue weighted by Gasteiger charge is 2.26. The molecule has 1 amide bonds. The molecule has 0 radical (unpaired) electrons. The lowest BCUT2D eigenvalue weighted by Crippen LogP contribution is -2.37. The van der Waals surface area contributed by atoms with E-state index in [9.17, 15) is 9.59 Å². The number of carboxylic acid groups (broad SMARTS) is 1. The minimum atomic E-state index is -1.05. The molecular weight excluding hydrogens is 242 g/mol. The van der Waals surface area contributed by atoms with E-state index in [0.717, 1.165) is 12.0 Å². The van der Waals surface area contributed by atoms with Crippen LogP contribution < -0.4 is 0 Å². The number of hydrogen-bond acceptors (Lipinski definition) is 2. The normalized spacial score (nSPS) is 11.9. The minimum Gasteiger partial charge on any atom is -0.481 e. The number of rotatable bonds is 6. The van der Waals surface area contributed by atoms with Gasteiger partial charge in [-0.25, -0.2) is 0 Å². The Labute approximate surface area is 114 Å². The third kappa shape index (κ3) is 4.39. The second-order valence-corrected chi connectivity index (χ2v) is 4.79. The van der Waals surface area contributed by atoms with E-state index < -0.39 is 11.9 Å². The van der Waals surface area contributed by atoms with E-state index in [1.807, 2.05) is 31.2 Å². The highest BCUT2D eigenvalue weighted by molar-refractivity contribution is 5.96. The topological polar surface area (TPSA) is 57.6 Å². The third-order valence-corrected chi connectivity index (χ3v) is 3.24. The first-order valence-electron chi connectivity index (χ1n) is 6.49. The fourth-order valence-electron chi connectivity index (χ4n) is 1.88. The van der Waals surface area contributed by atoms with Crippen molar-refractivity contribution < 1.29 is 14.7 Å². The van der Waals surface area contributed by atoms with Crippen LogP contribution in [0.25, 0.3) is 0 Å². The van der Waals surface area contributed by atoms with Crippen molar-refractivity contribution >= 4 is 11.9 Å². The summed E-state index contributed by atoms with van der Waals surface area (Å²) in [4.78, 5) is 24.4. The van der Waals surface area contributed by atoms with E-state index in [1.165, 1.54) is 10.5 Å². The molecule has 4 nitrogen and oxygen atoms in total. The molecule has 0 saturated heterocycles. The van der Waals surface area contributed by atoms with Crippen molar-refractivity contribution in [2.45, 2.75) is 26.7 Å². The summed E-state index contributed by atoms with van der Waals surface area (Å²) in [6.07, 6.45) is 1.06. The number of hydrogen-bond donors (Lipinski definition) is 1. The fraction of sp³-hybridized carbons (Fsp3) is 0.467. The summed E-state index contributed by atoms with van der Waals surface area (Å²) >= 11 is 0. The van der Waals surface area contributed by atoms with Crippen LogP contribution in [-0.2, 0) is 16.0 Å². The molecule has 0 aliphatic carbocycles. The van der Waals surface area contributed by atoms with Gasteiger partial charge >= 0.3 is 5.97 Å². The third-order valence-electron chi connectivity index (χ3n) is 3.24. The molecular formula is C15H21NO3. The first-order valence-corrected chi connectivity index (χ1v) is 6.49. The van der Waals surface area contributed by atoms with Gasteiger partial charge in [-0.3, -0.25) is 9.59 Å². The van der Waals surface area contributed by atoms with Gasteiger partial charge in [0, 0.05) is 13.6 Å². The molecule has 0 spiro atoms.